The van der Waals surface area contributed by atoms with Gasteiger partial charge in [0.15, 0.2) is 5.11 Å². The first-order chi connectivity index (χ1) is 10.7. The lowest BCUT2D eigenvalue weighted by Gasteiger charge is -2.11. The number of para-hydroxylation sites is 2. The smallest absolute Gasteiger partial charge is 0.191 e. The van der Waals surface area contributed by atoms with Gasteiger partial charge in [0.1, 0.15) is 5.75 Å². The monoisotopic (exact) mass is 321 g/mol. The van der Waals surface area contributed by atoms with Gasteiger partial charge in [-0.3, -0.25) is 5.43 Å². The van der Waals surface area contributed by atoms with Gasteiger partial charge < -0.3 is 10.1 Å². The first-order valence-electron chi connectivity index (χ1n) is 7.90. The van der Waals surface area contributed by atoms with E-state index in [1.54, 1.807) is 7.11 Å². The number of anilines is 1. The molecular formula is C17H27N3OS. The van der Waals surface area contributed by atoms with Crippen molar-refractivity contribution >= 4 is 28.7 Å². The van der Waals surface area contributed by atoms with Gasteiger partial charge >= 0.3 is 0 Å². The number of unbranched alkanes of at least 4 members (excludes halogenated alkanes) is 4. The summed E-state index contributed by atoms with van der Waals surface area (Å²) < 4.78 is 5.27. The SMILES string of the molecule is CCCCCCC/C(C)=N/NC(=S)Nc1ccccc1OC. The van der Waals surface area contributed by atoms with E-state index < -0.39 is 0 Å². The molecule has 0 atom stereocenters. The summed E-state index contributed by atoms with van der Waals surface area (Å²) in [6, 6.07) is 7.65. The Morgan fingerprint density at radius 2 is 1.91 bits per heavy atom. The molecule has 0 radical (unpaired) electrons. The molecular weight excluding hydrogens is 294 g/mol. The van der Waals surface area contributed by atoms with E-state index in [0.717, 1.165) is 23.6 Å². The van der Waals surface area contributed by atoms with Gasteiger partial charge in [-0.2, -0.15) is 5.10 Å². The summed E-state index contributed by atoms with van der Waals surface area (Å²) in [5.74, 6) is 0.753. The van der Waals surface area contributed by atoms with Crippen LogP contribution in [0.4, 0.5) is 5.69 Å². The number of hydrogen-bond donors (Lipinski definition) is 2. The number of hydrazone groups is 1. The predicted octanol–water partition coefficient (Wildman–Crippen LogP) is 4.72. The van der Waals surface area contributed by atoms with E-state index in [4.69, 9.17) is 17.0 Å². The molecule has 0 aromatic heterocycles. The maximum absolute atomic E-state index is 5.27. The zero-order valence-electron chi connectivity index (χ0n) is 13.8. The number of nitrogens with one attached hydrogen (secondary N) is 2. The van der Waals surface area contributed by atoms with Crippen LogP contribution in [0.15, 0.2) is 29.4 Å². The van der Waals surface area contributed by atoms with E-state index in [9.17, 15) is 0 Å². The highest BCUT2D eigenvalue weighted by Gasteiger charge is 2.03. The lowest BCUT2D eigenvalue weighted by Crippen LogP contribution is -2.25. The minimum Gasteiger partial charge on any atom is -0.495 e. The number of methoxy groups -OCH3 is 1. The summed E-state index contributed by atoms with van der Waals surface area (Å²) in [5, 5.41) is 7.87. The average molecular weight is 321 g/mol. The highest BCUT2D eigenvalue weighted by atomic mass is 32.1. The topological polar surface area (TPSA) is 45.7 Å². The summed E-state index contributed by atoms with van der Waals surface area (Å²) in [6.45, 7) is 4.25. The Kier molecular flexibility index (Phi) is 9.23. The number of ether oxygens (including phenoxy) is 1. The largest absolute Gasteiger partial charge is 0.495 e. The first-order valence-corrected chi connectivity index (χ1v) is 8.31. The molecule has 0 aliphatic heterocycles. The molecule has 22 heavy (non-hydrogen) atoms. The summed E-state index contributed by atoms with van der Waals surface area (Å²) >= 11 is 5.25. The normalized spacial score (nSPS) is 11.1. The van der Waals surface area contributed by atoms with Crippen LogP contribution < -0.4 is 15.5 Å². The standard InChI is InChI=1S/C17H27N3OS/c1-4-5-6-7-8-11-14(2)19-20-17(22)18-15-12-9-10-13-16(15)21-3/h9-10,12-13H,4-8,11H2,1-3H3,(H2,18,20,22)/b19-14+. The van der Waals surface area contributed by atoms with Crippen molar-refractivity contribution in [2.24, 2.45) is 5.10 Å². The second-order valence-electron chi connectivity index (χ2n) is 5.28. The average Bonchev–Trinajstić information content (AvgIpc) is 2.53. The number of benzene rings is 1. The molecule has 1 rings (SSSR count). The fourth-order valence-electron chi connectivity index (χ4n) is 2.08. The minimum atomic E-state index is 0.467. The zero-order valence-corrected chi connectivity index (χ0v) is 14.6. The number of thiocarbonyl (C=S) groups is 1. The molecule has 122 valence electrons. The molecule has 4 nitrogen and oxygen atoms in total. The van der Waals surface area contributed by atoms with Crippen molar-refractivity contribution in [2.45, 2.75) is 52.4 Å². The maximum atomic E-state index is 5.27. The van der Waals surface area contributed by atoms with Crippen molar-refractivity contribution in [1.82, 2.24) is 5.43 Å². The van der Waals surface area contributed by atoms with Crippen molar-refractivity contribution < 1.29 is 4.74 Å². The Morgan fingerprint density at radius 1 is 1.18 bits per heavy atom. The van der Waals surface area contributed by atoms with Crippen LogP contribution in [0.3, 0.4) is 0 Å². The van der Waals surface area contributed by atoms with E-state index in [2.05, 4.69) is 22.8 Å². The Bertz CT molecular complexity index is 489. The second kappa shape index (κ2) is 11.0. The molecule has 0 aliphatic rings. The van der Waals surface area contributed by atoms with Gasteiger partial charge in [-0.1, -0.05) is 44.7 Å². The first kappa shape index (κ1) is 18.4. The minimum absolute atomic E-state index is 0.467. The van der Waals surface area contributed by atoms with E-state index in [1.165, 1.54) is 32.1 Å². The highest BCUT2D eigenvalue weighted by Crippen LogP contribution is 2.22. The Hall–Kier alpha value is -1.62. The van der Waals surface area contributed by atoms with Crippen LogP contribution in [0, 0.1) is 0 Å². The van der Waals surface area contributed by atoms with Crippen LogP contribution in [0.5, 0.6) is 5.75 Å². The Balaban J connectivity index is 2.33. The fraction of sp³-hybridized carbons (Fsp3) is 0.529. The predicted molar refractivity (Wildman–Crippen MR) is 98.8 cm³/mol. The lowest BCUT2D eigenvalue weighted by molar-refractivity contribution is 0.417. The third-order valence-electron chi connectivity index (χ3n) is 3.35. The maximum Gasteiger partial charge on any atom is 0.191 e. The van der Waals surface area contributed by atoms with E-state index in [0.29, 0.717) is 5.11 Å². The van der Waals surface area contributed by atoms with Crippen molar-refractivity contribution in [3.8, 4) is 5.75 Å². The van der Waals surface area contributed by atoms with Crippen LogP contribution in [-0.2, 0) is 0 Å². The molecule has 0 bridgehead atoms. The van der Waals surface area contributed by atoms with Crippen molar-refractivity contribution in [3.63, 3.8) is 0 Å². The van der Waals surface area contributed by atoms with E-state index in [1.807, 2.05) is 31.2 Å². The second-order valence-corrected chi connectivity index (χ2v) is 5.69. The molecule has 5 heteroatoms. The number of rotatable bonds is 9. The molecule has 1 aromatic rings. The molecule has 0 spiro atoms. The van der Waals surface area contributed by atoms with Gasteiger partial charge in [0.05, 0.1) is 12.8 Å². The number of nitrogens with zero attached hydrogens (tertiary/aromatic N) is 1. The fourth-order valence-corrected chi connectivity index (χ4v) is 2.24. The third-order valence-corrected chi connectivity index (χ3v) is 3.54. The summed E-state index contributed by atoms with van der Waals surface area (Å²) in [4.78, 5) is 0. The van der Waals surface area contributed by atoms with Crippen LogP contribution >= 0.6 is 12.2 Å². The summed E-state index contributed by atoms with van der Waals surface area (Å²) in [6.07, 6.45) is 7.37. The molecule has 0 aliphatic carbocycles. The van der Waals surface area contributed by atoms with Gasteiger partial charge in [0.2, 0.25) is 0 Å². The Labute approximate surface area is 139 Å². The molecule has 0 fully saturated rings. The summed E-state index contributed by atoms with van der Waals surface area (Å²) in [7, 11) is 1.64. The van der Waals surface area contributed by atoms with Crippen LogP contribution in [-0.4, -0.2) is 17.9 Å². The van der Waals surface area contributed by atoms with E-state index in [-0.39, 0.29) is 0 Å². The third kappa shape index (κ3) is 7.41. The van der Waals surface area contributed by atoms with Gasteiger partial charge in [-0.15, -0.1) is 0 Å². The molecule has 0 amide bonds. The molecule has 1 aromatic carbocycles. The van der Waals surface area contributed by atoms with Crippen molar-refractivity contribution in [2.75, 3.05) is 12.4 Å². The van der Waals surface area contributed by atoms with Crippen molar-refractivity contribution in [3.05, 3.63) is 24.3 Å². The van der Waals surface area contributed by atoms with E-state index >= 15 is 0 Å². The van der Waals surface area contributed by atoms with Crippen LogP contribution in [0.25, 0.3) is 0 Å². The lowest BCUT2D eigenvalue weighted by atomic mass is 10.1. The molecule has 0 saturated heterocycles. The molecule has 0 heterocycles. The molecule has 0 unspecified atom stereocenters. The quantitative estimate of drug-likeness (QED) is 0.299. The zero-order chi connectivity index (χ0) is 16.2. The van der Waals surface area contributed by atoms with Gasteiger partial charge in [0, 0.05) is 5.71 Å². The highest BCUT2D eigenvalue weighted by molar-refractivity contribution is 7.80. The number of hydrogen-bond acceptors (Lipinski definition) is 3. The van der Waals surface area contributed by atoms with Crippen LogP contribution in [0.2, 0.25) is 0 Å². The molecule has 2 N–H and O–H groups in total. The van der Waals surface area contributed by atoms with Crippen molar-refractivity contribution in [1.29, 1.82) is 0 Å². The van der Waals surface area contributed by atoms with Gasteiger partial charge in [0.25, 0.3) is 0 Å². The Morgan fingerprint density at radius 3 is 2.64 bits per heavy atom. The van der Waals surface area contributed by atoms with Crippen LogP contribution in [0.1, 0.15) is 52.4 Å². The molecule has 0 saturated carbocycles. The summed E-state index contributed by atoms with van der Waals surface area (Å²) in [5.41, 5.74) is 4.79. The van der Waals surface area contributed by atoms with Gasteiger partial charge in [-0.05, 0) is 44.1 Å². The van der Waals surface area contributed by atoms with Gasteiger partial charge in [-0.25, -0.2) is 0 Å².